The molecule has 0 aliphatic rings. The topological polar surface area (TPSA) is 58.7 Å². The number of hydrogen-bond donors (Lipinski definition) is 1. The van der Waals surface area contributed by atoms with Crippen molar-refractivity contribution < 1.29 is 9.95 Å². The van der Waals surface area contributed by atoms with Gasteiger partial charge in [0.25, 0.3) is 0 Å². The average Bonchev–Trinajstić information content (AvgIpc) is 2.57. The van der Waals surface area contributed by atoms with Crippen molar-refractivity contribution >= 4 is 18.0 Å². The van der Waals surface area contributed by atoms with Crippen molar-refractivity contribution in [3.63, 3.8) is 0 Å². The summed E-state index contributed by atoms with van der Waals surface area (Å²) < 4.78 is 0.765. The van der Waals surface area contributed by atoms with E-state index in [0.717, 1.165) is 15.9 Å². The first-order valence-electron chi connectivity index (χ1n) is 7.02. The van der Waals surface area contributed by atoms with Crippen molar-refractivity contribution in [2.75, 3.05) is 0 Å². The SMILES string of the molecule is CC(/C(=N/O)c1ccccc1)/[N+]([O-])=C\C=C\c1ccccc1. The molecule has 0 aliphatic carbocycles. The van der Waals surface area contributed by atoms with Crippen LogP contribution in [-0.4, -0.2) is 27.9 Å². The molecule has 0 amide bonds. The summed E-state index contributed by atoms with van der Waals surface area (Å²) >= 11 is 0. The van der Waals surface area contributed by atoms with Gasteiger partial charge in [-0.25, -0.2) is 4.74 Å². The van der Waals surface area contributed by atoms with E-state index >= 15 is 0 Å². The van der Waals surface area contributed by atoms with E-state index < -0.39 is 6.04 Å². The number of benzene rings is 2. The summed E-state index contributed by atoms with van der Waals surface area (Å²) in [7, 11) is 0. The second-order valence-electron chi connectivity index (χ2n) is 4.81. The zero-order chi connectivity index (χ0) is 15.8. The summed E-state index contributed by atoms with van der Waals surface area (Å²) in [5.74, 6) is 0. The largest absolute Gasteiger partial charge is 0.623 e. The Kier molecular flexibility index (Phi) is 5.49. The molecule has 4 nitrogen and oxygen atoms in total. The van der Waals surface area contributed by atoms with E-state index in [9.17, 15) is 10.4 Å². The number of rotatable bonds is 5. The standard InChI is InChI=1S/C18H18N2O2/c1-15(18(19-21)17-12-6-3-7-13-17)20(22)14-8-11-16-9-4-2-5-10-16/h2-15,21H,1H3/b11-8+,19-18-,20-14+. The smallest absolute Gasteiger partial charge is 0.206 e. The highest BCUT2D eigenvalue weighted by Crippen LogP contribution is 2.07. The maximum atomic E-state index is 12.1. The van der Waals surface area contributed by atoms with Crippen LogP contribution in [0.15, 0.2) is 71.9 Å². The molecule has 0 aromatic heterocycles. The van der Waals surface area contributed by atoms with Crippen LogP contribution in [0.3, 0.4) is 0 Å². The molecule has 22 heavy (non-hydrogen) atoms. The molecule has 0 fully saturated rings. The quantitative estimate of drug-likeness (QED) is 0.301. The van der Waals surface area contributed by atoms with Gasteiger partial charge in [-0.3, -0.25) is 0 Å². The van der Waals surface area contributed by atoms with E-state index in [1.54, 1.807) is 25.1 Å². The van der Waals surface area contributed by atoms with E-state index in [-0.39, 0.29) is 0 Å². The Bertz CT molecular complexity index is 677. The highest BCUT2D eigenvalue weighted by atomic mass is 16.5. The van der Waals surface area contributed by atoms with E-state index in [0.29, 0.717) is 5.71 Å². The lowest BCUT2D eigenvalue weighted by Crippen LogP contribution is -2.29. The molecular formula is C18H18N2O2. The fourth-order valence-corrected chi connectivity index (χ4v) is 2.04. The van der Waals surface area contributed by atoms with Crippen LogP contribution in [-0.2, 0) is 0 Å². The molecule has 4 heteroatoms. The molecule has 2 aromatic rings. The maximum Gasteiger partial charge on any atom is 0.206 e. The number of nitrogens with zero attached hydrogens (tertiary/aromatic N) is 2. The minimum Gasteiger partial charge on any atom is -0.623 e. The van der Waals surface area contributed by atoms with Crippen molar-refractivity contribution in [1.29, 1.82) is 0 Å². The van der Waals surface area contributed by atoms with Crippen LogP contribution in [0, 0.1) is 5.21 Å². The number of allylic oxidation sites excluding steroid dienone is 1. The van der Waals surface area contributed by atoms with Gasteiger partial charge >= 0.3 is 0 Å². The molecule has 1 N–H and O–H groups in total. The van der Waals surface area contributed by atoms with Crippen molar-refractivity contribution in [2.24, 2.45) is 5.16 Å². The summed E-state index contributed by atoms with van der Waals surface area (Å²) in [4.78, 5) is 0. The lowest BCUT2D eigenvalue weighted by Gasteiger charge is -2.13. The minimum atomic E-state index is -0.590. The zero-order valence-electron chi connectivity index (χ0n) is 12.3. The third-order valence-electron chi connectivity index (χ3n) is 3.28. The first kappa shape index (κ1) is 15.5. The summed E-state index contributed by atoms with van der Waals surface area (Å²) in [6.45, 7) is 1.70. The Morgan fingerprint density at radius 2 is 1.68 bits per heavy atom. The van der Waals surface area contributed by atoms with E-state index in [2.05, 4.69) is 5.16 Å². The van der Waals surface area contributed by atoms with Gasteiger partial charge in [0.2, 0.25) is 6.04 Å². The predicted molar refractivity (Wildman–Crippen MR) is 89.4 cm³/mol. The van der Waals surface area contributed by atoms with Gasteiger partial charge in [0.05, 0.1) is 0 Å². The molecule has 0 bridgehead atoms. The molecule has 0 radical (unpaired) electrons. The molecule has 1 atom stereocenters. The molecular weight excluding hydrogens is 276 g/mol. The molecule has 2 aromatic carbocycles. The fourth-order valence-electron chi connectivity index (χ4n) is 2.04. The molecule has 112 valence electrons. The van der Waals surface area contributed by atoms with Gasteiger partial charge in [0.1, 0.15) is 0 Å². The average molecular weight is 294 g/mol. The zero-order valence-corrected chi connectivity index (χ0v) is 12.3. The number of hydroxylamine groups is 1. The van der Waals surface area contributed by atoms with E-state index in [4.69, 9.17) is 0 Å². The fraction of sp³-hybridized carbons (Fsp3) is 0.111. The van der Waals surface area contributed by atoms with Crippen LogP contribution < -0.4 is 0 Å². The van der Waals surface area contributed by atoms with Gasteiger partial charge in [0.15, 0.2) is 11.9 Å². The summed E-state index contributed by atoms with van der Waals surface area (Å²) in [5.41, 5.74) is 2.07. The molecule has 0 saturated heterocycles. The highest BCUT2D eigenvalue weighted by Gasteiger charge is 2.19. The Hall–Kier alpha value is -2.88. The third-order valence-corrected chi connectivity index (χ3v) is 3.28. The summed E-state index contributed by atoms with van der Waals surface area (Å²) in [6, 6.07) is 18.3. The monoisotopic (exact) mass is 294 g/mol. The van der Waals surface area contributed by atoms with Crippen molar-refractivity contribution in [3.05, 3.63) is 83.1 Å². The summed E-state index contributed by atoms with van der Waals surface area (Å²) in [6.07, 6.45) is 4.94. The Morgan fingerprint density at radius 1 is 1.09 bits per heavy atom. The first-order valence-corrected chi connectivity index (χ1v) is 7.02. The molecule has 1 unspecified atom stereocenters. The second-order valence-corrected chi connectivity index (χ2v) is 4.81. The molecule has 2 rings (SSSR count). The van der Waals surface area contributed by atoms with Gasteiger partial charge < -0.3 is 10.4 Å². The lowest BCUT2D eigenvalue weighted by atomic mass is 10.1. The molecule has 0 heterocycles. The van der Waals surface area contributed by atoms with E-state index in [1.807, 2.05) is 54.6 Å². The predicted octanol–water partition coefficient (Wildman–Crippen LogP) is 3.55. The van der Waals surface area contributed by atoms with E-state index in [1.165, 1.54) is 6.21 Å². The number of oxime groups is 1. The maximum absolute atomic E-state index is 12.1. The normalized spacial score (nSPS) is 14.2. The van der Waals surface area contributed by atoms with Crippen molar-refractivity contribution in [2.45, 2.75) is 13.0 Å². The Labute approximate surface area is 129 Å². The Balaban J connectivity index is 2.12. The first-order chi connectivity index (χ1) is 10.7. The van der Waals surface area contributed by atoms with Crippen LogP contribution in [0.5, 0.6) is 0 Å². The highest BCUT2D eigenvalue weighted by molar-refractivity contribution is 6.03. The van der Waals surface area contributed by atoms with Crippen LogP contribution in [0.1, 0.15) is 18.1 Å². The van der Waals surface area contributed by atoms with Crippen LogP contribution in [0.2, 0.25) is 0 Å². The van der Waals surface area contributed by atoms with Crippen molar-refractivity contribution in [3.8, 4) is 0 Å². The minimum absolute atomic E-state index is 0.333. The van der Waals surface area contributed by atoms with Crippen molar-refractivity contribution in [1.82, 2.24) is 0 Å². The summed E-state index contributed by atoms with van der Waals surface area (Å²) in [5, 5.41) is 24.6. The second kappa shape index (κ2) is 7.78. The Morgan fingerprint density at radius 3 is 2.27 bits per heavy atom. The lowest BCUT2D eigenvalue weighted by molar-refractivity contribution is -0.471. The molecule has 0 saturated carbocycles. The van der Waals surface area contributed by atoms with Crippen LogP contribution in [0.25, 0.3) is 6.08 Å². The number of hydrogen-bond acceptors (Lipinski definition) is 3. The molecule has 0 spiro atoms. The van der Waals surface area contributed by atoms with Gasteiger partial charge in [0, 0.05) is 18.6 Å². The van der Waals surface area contributed by atoms with Crippen LogP contribution in [0.4, 0.5) is 0 Å². The van der Waals surface area contributed by atoms with Gasteiger partial charge in [-0.15, -0.1) is 0 Å². The van der Waals surface area contributed by atoms with Crippen LogP contribution >= 0.6 is 0 Å². The van der Waals surface area contributed by atoms with Gasteiger partial charge in [-0.2, -0.15) is 0 Å². The van der Waals surface area contributed by atoms with Gasteiger partial charge in [-0.1, -0.05) is 65.8 Å². The third kappa shape index (κ3) is 4.06. The van der Waals surface area contributed by atoms with Gasteiger partial charge in [-0.05, 0) is 11.6 Å². The molecule has 0 aliphatic heterocycles.